The topological polar surface area (TPSA) is 17.1 Å². The Morgan fingerprint density at radius 1 is 1.27 bits per heavy atom. The van der Waals surface area contributed by atoms with E-state index in [1.165, 1.54) is 0 Å². The number of ketones is 1. The van der Waals surface area contributed by atoms with E-state index in [2.05, 4.69) is 0 Å². The van der Waals surface area contributed by atoms with Crippen LogP contribution in [0.2, 0.25) is 0 Å². The number of hydrogen-bond donors (Lipinski definition) is 0. The molecule has 0 fully saturated rings. The van der Waals surface area contributed by atoms with Gasteiger partial charge in [0.15, 0.2) is 0 Å². The van der Waals surface area contributed by atoms with Crippen molar-refractivity contribution in [2.75, 3.05) is 0 Å². The molecule has 0 amide bonds. The molecule has 0 spiro atoms. The first-order valence-corrected chi connectivity index (χ1v) is 3.19. The van der Waals surface area contributed by atoms with Gasteiger partial charge in [-0.1, -0.05) is 6.07 Å². The summed E-state index contributed by atoms with van der Waals surface area (Å²) in [5.41, 5.74) is 0.968. The fraction of sp³-hybridized carbons (Fsp3) is 0.111. The average molecular weight is 222 g/mol. The molecule has 1 rings (SSSR count). The Hall–Kier alpha value is -0.136. The second kappa shape index (κ2) is 5.51. The van der Waals surface area contributed by atoms with Crippen LogP contribution in [0.5, 0.6) is 0 Å². The second-order valence-electron chi connectivity index (χ2n) is 2.17. The third-order valence-electron chi connectivity index (χ3n) is 1.17. The van der Waals surface area contributed by atoms with Crippen LogP contribution < -0.4 is 0 Å². The van der Waals surface area contributed by atoms with E-state index in [1.54, 1.807) is 13.3 Å². The molecule has 0 atom stereocenters. The normalized spacial score (nSPS) is 8.09. The molecule has 1 aromatic carbocycles. The monoisotopic (exact) mass is 222 g/mol. The minimum Gasteiger partial charge on any atom is -0.310 e. The van der Waals surface area contributed by atoms with Gasteiger partial charge in [-0.2, -0.15) is 17.7 Å². The predicted molar refractivity (Wildman–Crippen MR) is 40.5 cm³/mol. The number of carbonyl (C=O) groups excluding carboxylic acids is 1. The Kier molecular flexibility index (Phi) is 5.44. The van der Waals surface area contributed by atoms with Gasteiger partial charge in [0.05, 0.1) is 5.78 Å². The summed E-state index contributed by atoms with van der Waals surface area (Å²) in [6.07, 6.45) is 1.61. The zero-order valence-electron chi connectivity index (χ0n) is 6.45. The van der Waals surface area contributed by atoms with Gasteiger partial charge in [0.2, 0.25) is 0 Å². The van der Waals surface area contributed by atoms with Gasteiger partial charge in [0.1, 0.15) is 0 Å². The van der Waals surface area contributed by atoms with Gasteiger partial charge >= 0.3 is 0 Å². The van der Waals surface area contributed by atoms with Crippen molar-refractivity contribution in [2.45, 2.75) is 6.92 Å². The van der Waals surface area contributed by atoms with Crippen LogP contribution in [-0.2, 0) is 37.5 Å². The summed E-state index contributed by atoms with van der Waals surface area (Å²) in [4.78, 5) is 10.6. The summed E-state index contributed by atoms with van der Waals surface area (Å²) in [5.74, 6) is 0.0891. The van der Waals surface area contributed by atoms with Crippen molar-refractivity contribution in [2.24, 2.45) is 0 Å². The molecule has 0 unspecified atom stereocenters. The molecule has 0 aromatic heterocycles. The fourth-order valence-corrected chi connectivity index (χ4v) is 0.784. The van der Waals surface area contributed by atoms with Crippen LogP contribution in [0.4, 0.5) is 0 Å². The number of carbonyl (C=O) groups is 1. The van der Waals surface area contributed by atoms with Crippen molar-refractivity contribution in [1.29, 1.82) is 0 Å². The minimum atomic E-state index is 0. The van der Waals surface area contributed by atoms with Crippen LogP contribution in [0.3, 0.4) is 0 Å². The van der Waals surface area contributed by atoms with E-state index in [9.17, 15) is 4.79 Å². The van der Waals surface area contributed by atoms with Crippen molar-refractivity contribution in [3.63, 3.8) is 0 Å². The Morgan fingerprint density at radius 3 is 2.27 bits per heavy atom. The van der Waals surface area contributed by atoms with Gasteiger partial charge in [-0.3, -0.25) is 0 Å². The molecule has 1 aromatic rings. The van der Waals surface area contributed by atoms with Crippen LogP contribution in [0.25, 0.3) is 0 Å². The average Bonchev–Trinajstić information content (AvgIpc) is 1.88. The summed E-state index contributed by atoms with van der Waals surface area (Å²) in [6.45, 7) is 1.55. The zero-order valence-corrected chi connectivity index (χ0v) is 9.29. The molecule has 0 bridgehead atoms. The zero-order chi connectivity index (χ0) is 7.40. The quantitative estimate of drug-likeness (QED) is 0.697. The van der Waals surface area contributed by atoms with Gasteiger partial charge in [0, 0.05) is 32.7 Å². The van der Waals surface area contributed by atoms with Crippen LogP contribution >= 0.6 is 0 Å². The largest absolute Gasteiger partial charge is 0.310 e. The molecule has 1 radical (unpaired) electrons. The molecule has 1 nitrogen and oxygen atoms in total. The maximum atomic E-state index is 10.6. The molecule has 0 aliphatic carbocycles. The predicted octanol–water partition coefficient (Wildman–Crippen LogP) is 1.83. The van der Waals surface area contributed by atoms with Gasteiger partial charge in [-0.25, -0.2) is 0 Å². The minimum absolute atomic E-state index is 0. The second-order valence-corrected chi connectivity index (χ2v) is 2.17. The van der Waals surface area contributed by atoms with E-state index < -0.39 is 0 Å². The Morgan fingerprint density at radius 2 is 1.82 bits per heavy atom. The Labute approximate surface area is 92.1 Å². The molecule has 11 heavy (non-hydrogen) atoms. The summed E-state index contributed by atoms with van der Waals surface area (Å²) in [6, 6.07) is 9.56. The third kappa shape index (κ3) is 4.33. The fourth-order valence-electron chi connectivity index (χ4n) is 0.784. The number of rotatable bonds is 2. The summed E-state index contributed by atoms with van der Waals surface area (Å²) >= 11 is 0. The van der Waals surface area contributed by atoms with Gasteiger partial charge in [0.25, 0.3) is 0 Å². The molecular weight excluding hydrogens is 213 g/mol. The summed E-state index contributed by atoms with van der Waals surface area (Å²) in [5, 5.41) is 0. The van der Waals surface area contributed by atoms with Crippen molar-refractivity contribution in [3.8, 4) is 0 Å². The molecule has 0 N–H and O–H groups in total. The number of Topliss-reactive ketones (excluding diaryl/α,β-unsaturated/α-hetero) is 1. The van der Waals surface area contributed by atoms with Crippen LogP contribution in [0.15, 0.2) is 30.3 Å². The SMILES string of the molecule is CC(=O)[CH-]c1ccccc1.[Y]. The van der Waals surface area contributed by atoms with Gasteiger partial charge in [-0.15, -0.1) is 18.6 Å². The molecule has 55 valence electrons. The van der Waals surface area contributed by atoms with E-state index in [1.807, 2.05) is 30.3 Å². The van der Waals surface area contributed by atoms with E-state index in [-0.39, 0.29) is 38.5 Å². The standard InChI is InChI=1S/C9H9O.Y/c1-8(10)7-9-5-3-2-4-6-9;/h2-7H,1H3;/q-1;. The Bertz CT molecular complexity index is 218. The van der Waals surface area contributed by atoms with Crippen LogP contribution in [-0.4, -0.2) is 5.78 Å². The first-order valence-electron chi connectivity index (χ1n) is 3.19. The smallest absolute Gasteiger partial charge is 0.0989 e. The van der Waals surface area contributed by atoms with E-state index in [0.29, 0.717) is 0 Å². The van der Waals surface area contributed by atoms with E-state index in [4.69, 9.17) is 0 Å². The van der Waals surface area contributed by atoms with Crippen LogP contribution in [0.1, 0.15) is 12.5 Å². The van der Waals surface area contributed by atoms with E-state index in [0.717, 1.165) is 5.56 Å². The van der Waals surface area contributed by atoms with Crippen LogP contribution in [0, 0.1) is 6.42 Å². The van der Waals surface area contributed by atoms with E-state index >= 15 is 0 Å². The van der Waals surface area contributed by atoms with Gasteiger partial charge < -0.3 is 4.79 Å². The van der Waals surface area contributed by atoms with Crippen molar-refractivity contribution >= 4 is 5.78 Å². The number of hydrogen-bond acceptors (Lipinski definition) is 1. The molecule has 0 aliphatic heterocycles. The molecule has 0 saturated heterocycles. The van der Waals surface area contributed by atoms with Crippen molar-refractivity contribution < 1.29 is 37.5 Å². The maximum absolute atomic E-state index is 10.6. The molecule has 0 aliphatic rings. The first-order chi connectivity index (χ1) is 4.79. The molecule has 2 heteroatoms. The van der Waals surface area contributed by atoms with Crippen molar-refractivity contribution in [1.82, 2.24) is 0 Å². The summed E-state index contributed by atoms with van der Waals surface area (Å²) < 4.78 is 0. The third-order valence-corrected chi connectivity index (χ3v) is 1.17. The van der Waals surface area contributed by atoms with Crippen molar-refractivity contribution in [3.05, 3.63) is 42.3 Å². The Balaban J connectivity index is 0.000001000. The molecule has 0 saturated carbocycles. The molecular formula is C9H9OY-. The maximum Gasteiger partial charge on any atom is 0.0989 e. The first kappa shape index (κ1) is 10.9. The van der Waals surface area contributed by atoms with Gasteiger partial charge in [-0.05, 0) is 6.92 Å². The number of benzene rings is 1. The summed E-state index contributed by atoms with van der Waals surface area (Å²) in [7, 11) is 0. The molecule has 0 heterocycles.